The van der Waals surface area contributed by atoms with Crippen LogP contribution in [0.2, 0.25) is 0 Å². The van der Waals surface area contributed by atoms with E-state index in [1.54, 1.807) is 44.2 Å². The van der Waals surface area contributed by atoms with Gasteiger partial charge in [0.25, 0.3) is 0 Å². The molecule has 1 unspecified atom stereocenters. The van der Waals surface area contributed by atoms with Gasteiger partial charge in [-0.25, -0.2) is 0 Å². The van der Waals surface area contributed by atoms with Crippen LogP contribution in [0.1, 0.15) is 32.8 Å². The minimum atomic E-state index is -3.91. The number of carbonyl (C=O) groups is 2. The molecule has 0 spiro atoms. The number of rotatable bonds is 9. The molecule has 2 rings (SSSR count). The molecule has 156 valence electrons. The van der Waals surface area contributed by atoms with Crippen molar-refractivity contribution in [3.8, 4) is 5.75 Å². The first-order chi connectivity index (χ1) is 13.7. The zero-order chi connectivity index (χ0) is 21.4. The molecule has 0 saturated heterocycles. The summed E-state index contributed by atoms with van der Waals surface area (Å²) in [7, 11) is -3.91. The third-order valence-electron chi connectivity index (χ3n) is 3.83. The lowest BCUT2D eigenvalue weighted by molar-refractivity contribution is -0.148. The molecular formula is C21H25NO6S. The van der Waals surface area contributed by atoms with Gasteiger partial charge in [0, 0.05) is 13.0 Å². The maximum atomic E-state index is 12.3. The standard InChI is InChI=1S/C21H25NO6S/c1-15(2)27-21(24)14-18(22-16(3)23)13-17-9-11-19(12-10-17)28-29(25,26)20-7-5-4-6-8-20/h4-12,15,18H,13-14H2,1-3H3,(H,22,23). The van der Waals surface area contributed by atoms with Crippen molar-refractivity contribution in [3.63, 3.8) is 0 Å². The topological polar surface area (TPSA) is 98.8 Å². The van der Waals surface area contributed by atoms with Gasteiger partial charge in [-0.3, -0.25) is 9.59 Å². The van der Waals surface area contributed by atoms with Crippen LogP contribution in [0.4, 0.5) is 0 Å². The lowest BCUT2D eigenvalue weighted by atomic mass is 10.0. The number of hydrogen-bond acceptors (Lipinski definition) is 6. The van der Waals surface area contributed by atoms with E-state index >= 15 is 0 Å². The number of hydrogen-bond donors (Lipinski definition) is 1. The van der Waals surface area contributed by atoms with Crippen molar-refractivity contribution >= 4 is 22.0 Å². The quantitative estimate of drug-likeness (QED) is 0.496. The lowest BCUT2D eigenvalue weighted by Gasteiger charge is -2.18. The summed E-state index contributed by atoms with van der Waals surface area (Å²) in [5.41, 5.74) is 0.811. The van der Waals surface area contributed by atoms with Gasteiger partial charge in [0.05, 0.1) is 12.5 Å². The number of benzene rings is 2. The second-order valence-electron chi connectivity index (χ2n) is 6.84. The van der Waals surface area contributed by atoms with Gasteiger partial charge in [0.2, 0.25) is 5.91 Å². The molecule has 2 aromatic carbocycles. The maximum absolute atomic E-state index is 12.3. The van der Waals surface area contributed by atoms with Crippen LogP contribution < -0.4 is 9.50 Å². The van der Waals surface area contributed by atoms with Crippen LogP contribution in [0.3, 0.4) is 0 Å². The molecule has 1 amide bonds. The molecule has 1 N–H and O–H groups in total. The number of carbonyl (C=O) groups excluding carboxylic acids is 2. The first-order valence-electron chi connectivity index (χ1n) is 9.21. The third-order valence-corrected chi connectivity index (χ3v) is 5.09. The van der Waals surface area contributed by atoms with Crippen LogP contribution in [0.15, 0.2) is 59.5 Å². The fraction of sp³-hybridized carbons (Fsp3) is 0.333. The Kier molecular flexibility index (Phi) is 7.78. The minimum absolute atomic E-state index is 0.0401. The van der Waals surface area contributed by atoms with Crippen molar-refractivity contribution in [3.05, 3.63) is 60.2 Å². The molecule has 7 nitrogen and oxygen atoms in total. The molecule has 0 radical (unpaired) electrons. The summed E-state index contributed by atoms with van der Waals surface area (Å²) in [4.78, 5) is 23.4. The summed E-state index contributed by atoms with van der Waals surface area (Å²) in [6.07, 6.45) is 0.195. The number of nitrogens with one attached hydrogen (secondary N) is 1. The van der Waals surface area contributed by atoms with Gasteiger partial charge >= 0.3 is 16.1 Å². The molecule has 0 saturated carbocycles. The summed E-state index contributed by atoms with van der Waals surface area (Å²) in [5.74, 6) is -0.471. The molecule has 0 aliphatic carbocycles. The normalized spacial score (nSPS) is 12.3. The Hall–Kier alpha value is -2.87. The lowest BCUT2D eigenvalue weighted by Crippen LogP contribution is -2.37. The maximum Gasteiger partial charge on any atom is 0.339 e. The van der Waals surface area contributed by atoms with E-state index in [2.05, 4.69) is 5.32 Å². The smallest absolute Gasteiger partial charge is 0.339 e. The van der Waals surface area contributed by atoms with Crippen LogP contribution in [0.5, 0.6) is 5.75 Å². The molecule has 2 aromatic rings. The SMILES string of the molecule is CC(=O)NC(CC(=O)OC(C)C)Cc1ccc(OS(=O)(=O)c2ccccc2)cc1. The average Bonchev–Trinajstić information content (AvgIpc) is 2.62. The third kappa shape index (κ3) is 7.57. The van der Waals surface area contributed by atoms with E-state index in [4.69, 9.17) is 8.92 Å². The molecular weight excluding hydrogens is 394 g/mol. The molecule has 0 heterocycles. The van der Waals surface area contributed by atoms with Gasteiger partial charge in [-0.1, -0.05) is 30.3 Å². The van der Waals surface area contributed by atoms with E-state index in [1.807, 2.05) is 0 Å². The molecule has 0 bridgehead atoms. The molecule has 1 atom stereocenters. The number of amides is 1. The number of esters is 1. The Morgan fingerprint density at radius 1 is 1.00 bits per heavy atom. The zero-order valence-corrected chi connectivity index (χ0v) is 17.4. The fourth-order valence-corrected chi connectivity index (χ4v) is 3.65. The highest BCUT2D eigenvalue weighted by molar-refractivity contribution is 7.87. The second kappa shape index (κ2) is 10.1. The van der Waals surface area contributed by atoms with Crippen LogP contribution in [-0.2, 0) is 30.9 Å². The van der Waals surface area contributed by atoms with E-state index in [0.717, 1.165) is 5.56 Å². The van der Waals surface area contributed by atoms with Crippen molar-refractivity contribution in [2.75, 3.05) is 0 Å². The molecule has 0 aromatic heterocycles. The van der Waals surface area contributed by atoms with E-state index in [0.29, 0.717) is 6.42 Å². The number of ether oxygens (including phenoxy) is 1. The summed E-state index contributed by atoms with van der Waals surface area (Å²) in [6.45, 7) is 4.90. The fourth-order valence-electron chi connectivity index (χ4n) is 2.70. The first-order valence-corrected chi connectivity index (χ1v) is 10.6. The Labute approximate surface area is 171 Å². The van der Waals surface area contributed by atoms with Crippen molar-refractivity contribution < 1.29 is 26.9 Å². The summed E-state index contributed by atoms with van der Waals surface area (Å²) in [6, 6.07) is 13.9. The monoisotopic (exact) mass is 419 g/mol. The highest BCUT2D eigenvalue weighted by atomic mass is 32.2. The largest absolute Gasteiger partial charge is 0.463 e. The predicted octanol–water partition coefficient (Wildman–Crippen LogP) is 2.84. The molecule has 8 heteroatoms. The van der Waals surface area contributed by atoms with E-state index in [1.165, 1.54) is 31.2 Å². The van der Waals surface area contributed by atoms with Gasteiger partial charge in [0.1, 0.15) is 10.6 Å². The Balaban J connectivity index is 2.05. The van der Waals surface area contributed by atoms with Crippen LogP contribution in [0.25, 0.3) is 0 Å². The predicted molar refractivity (Wildman–Crippen MR) is 108 cm³/mol. The van der Waals surface area contributed by atoms with Crippen molar-refractivity contribution in [1.82, 2.24) is 5.32 Å². The summed E-state index contributed by atoms with van der Waals surface area (Å²) in [5, 5.41) is 2.74. The van der Waals surface area contributed by atoms with Crippen molar-refractivity contribution in [1.29, 1.82) is 0 Å². The van der Waals surface area contributed by atoms with Gasteiger partial charge in [-0.15, -0.1) is 0 Å². The molecule has 0 aliphatic rings. The molecule has 29 heavy (non-hydrogen) atoms. The van der Waals surface area contributed by atoms with Crippen LogP contribution in [-0.4, -0.2) is 32.4 Å². The van der Waals surface area contributed by atoms with Gasteiger partial charge < -0.3 is 14.2 Å². The highest BCUT2D eigenvalue weighted by Gasteiger charge is 2.19. The highest BCUT2D eigenvalue weighted by Crippen LogP contribution is 2.20. The van der Waals surface area contributed by atoms with E-state index < -0.39 is 22.1 Å². The minimum Gasteiger partial charge on any atom is -0.463 e. The Morgan fingerprint density at radius 2 is 1.62 bits per heavy atom. The molecule has 0 fully saturated rings. The van der Waals surface area contributed by atoms with Gasteiger partial charge in [-0.2, -0.15) is 8.42 Å². The first kappa shape index (κ1) is 22.4. The van der Waals surface area contributed by atoms with E-state index in [-0.39, 0.29) is 29.1 Å². The van der Waals surface area contributed by atoms with Gasteiger partial charge in [0.15, 0.2) is 0 Å². The zero-order valence-electron chi connectivity index (χ0n) is 16.6. The summed E-state index contributed by atoms with van der Waals surface area (Å²) < 4.78 is 34.8. The van der Waals surface area contributed by atoms with Crippen molar-refractivity contribution in [2.45, 2.75) is 50.7 Å². The van der Waals surface area contributed by atoms with Crippen molar-refractivity contribution in [2.24, 2.45) is 0 Å². The second-order valence-corrected chi connectivity index (χ2v) is 8.39. The van der Waals surface area contributed by atoms with Crippen LogP contribution in [0, 0.1) is 0 Å². The Morgan fingerprint density at radius 3 is 2.17 bits per heavy atom. The molecule has 0 aliphatic heterocycles. The van der Waals surface area contributed by atoms with E-state index in [9.17, 15) is 18.0 Å². The van der Waals surface area contributed by atoms with Crippen LogP contribution >= 0.6 is 0 Å². The average molecular weight is 419 g/mol. The van der Waals surface area contributed by atoms with Gasteiger partial charge in [-0.05, 0) is 50.1 Å². The Bertz CT molecular complexity index is 923. The summed E-state index contributed by atoms with van der Waals surface area (Å²) >= 11 is 0.